The zero-order valence-electron chi connectivity index (χ0n) is 12.0. The van der Waals surface area contributed by atoms with Gasteiger partial charge in [0.15, 0.2) is 0 Å². The van der Waals surface area contributed by atoms with Gasteiger partial charge in [-0.1, -0.05) is 6.92 Å². The van der Waals surface area contributed by atoms with Gasteiger partial charge in [-0.3, -0.25) is 4.79 Å². The lowest BCUT2D eigenvalue weighted by Gasteiger charge is -2.33. The summed E-state index contributed by atoms with van der Waals surface area (Å²) < 4.78 is 0. The largest absolute Gasteiger partial charge is 0.481 e. The van der Waals surface area contributed by atoms with Crippen molar-refractivity contribution in [3.63, 3.8) is 0 Å². The van der Waals surface area contributed by atoms with Gasteiger partial charge in [-0.2, -0.15) is 0 Å². The minimum Gasteiger partial charge on any atom is -0.481 e. The van der Waals surface area contributed by atoms with Crippen molar-refractivity contribution in [1.82, 2.24) is 14.8 Å². The standard InChI is InChI=1S/C14H23N3O2S/c1-2-16-7-9-17(10-8-16)6-5-13-15-11-12(20-13)3-4-14(18)19/h11H,2-10H2,1H3,(H,18,19). The van der Waals surface area contributed by atoms with E-state index in [0.717, 1.165) is 55.6 Å². The van der Waals surface area contributed by atoms with Crippen molar-refractivity contribution < 1.29 is 9.90 Å². The maximum absolute atomic E-state index is 10.5. The lowest BCUT2D eigenvalue weighted by Crippen LogP contribution is -2.46. The highest BCUT2D eigenvalue weighted by Gasteiger charge is 2.15. The van der Waals surface area contributed by atoms with Crippen molar-refractivity contribution in [2.45, 2.75) is 26.2 Å². The molecule has 0 aliphatic carbocycles. The molecule has 1 aromatic heterocycles. The highest BCUT2D eigenvalue weighted by molar-refractivity contribution is 7.11. The van der Waals surface area contributed by atoms with Crippen LogP contribution >= 0.6 is 11.3 Å². The molecule has 1 aromatic rings. The number of piperazine rings is 1. The fraction of sp³-hybridized carbons (Fsp3) is 0.714. The molecule has 0 aromatic carbocycles. The second-order valence-electron chi connectivity index (χ2n) is 5.14. The van der Waals surface area contributed by atoms with Crippen LogP contribution in [0.2, 0.25) is 0 Å². The minimum absolute atomic E-state index is 0.195. The highest BCUT2D eigenvalue weighted by Crippen LogP contribution is 2.16. The maximum atomic E-state index is 10.5. The number of nitrogens with zero attached hydrogens (tertiary/aromatic N) is 3. The minimum atomic E-state index is -0.742. The number of aromatic nitrogens is 1. The molecule has 2 rings (SSSR count). The smallest absolute Gasteiger partial charge is 0.303 e. The van der Waals surface area contributed by atoms with E-state index in [-0.39, 0.29) is 6.42 Å². The first kappa shape index (κ1) is 15.4. The van der Waals surface area contributed by atoms with Crippen LogP contribution in [-0.2, 0) is 17.6 Å². The fourth-order valence-corrected chi connectivity index (χ4v) is 3.30. The zero-order chi connectivity index (χ0) is 14.4. The normalized spacial score (nSPS) is 17.4. The molecule has 0 spiro atoms. The number of hydrogen-bond donors (Lipinski definition) is 1. The van der Waals surface area contributed by atoms with Gasteiger partial charge >= 0.3 is 5.97 Å². The summed E-state index contributed by atoms with van der Waals surface area (Å²) in [4.78, 5) is 21.0. The molecule has 1 N–H and O–H groups in total. The van der Waals surface area contributed by atoms with Gasteiger partial charge in [-0.05, 0) is 13.0 Å². The molecule has 0 atom stereocenters. The molecule has 1 saturated heterocycles. The van der Waals surface area contributed by atoms with Crippen LogP contribution in [0, 0.1) is 0 Å². The van der Waals surface area contributed by atoms with E-state index in [2.05, 4.69) is 21.7 Å². The summed E-state index contributed by atoms with van der Waals surface area (Å²) in [6, 6.07) is 0. The zero-order valence-corrected chi connectivity index (χ0v) is 12.9. The predicted molar refractivity (Wildman–Crippen MR) is 80.3 cm³/mol. The SMILES string of the molecule is CCN1CCN(CCc2ncc(CCC(=O)O)s2)CC1. The van der Waals surface area contributed by atoms with E-state index in [1.165, 1.54) is 0 Å². The molecule has 0 saturated carbocycles. The molecular formula is C14H23N3O2S. The van der Waals surface area contributed by atoms with Gasteiger partial charge in [0, 0.05) is 50.2 Å². The molecule has 1 fully saturated rings. The lowest BCUT2D eigenvalue weighted by molar-refractivity contribution is -0.136. The first-order valence-electron chi connectivity index (χ1n) is 7.27. The Kier molecular flexibility index (Phi) is 5.94. The van der Waals surface area contributed by atoms with E-state index >= 15 is 0 Å². The van der Waals surface area contributed by atoms with Crippen LogP contribution < -0.4 is 0 Å². The lowest BCUT2D eigenvalue weighted by atomic mass is 10.3. The van der Waals surface area contributed by atoms with Gasteiger partial charge < -0.3 is 14.9 Å². The molecule has 2 heterocycles. The molecule has 0 radical (unpaired) electrons. The number of thiazole rings is 1. The van der Waals surface area contributed by atoms with E-state index in [4.69, 9.17) is 5.11 Å². The summed E-state index contributed by atoms with van der Waals surface area (Å²) in [5.74, 6) is -0.742. The number of carboxylic acids is 1. The third-order valence-electron chi connectivity index (χ3n) is 3.74. The van der Waals surface area contributed by atoms with E-state index in [1.807, 2.05) is 6.20 Å². The van der Waals surface area contributed by atoms with Crippen molar-refractivity contribution in [3.05, 3.63) is 16.1 Å². The number of carboxylic acid groups (broad SMARTS) is 1. The van der Waals surface area contributed by atoms with Crippen LogP contribution in [0.25, 0.3) is 0 Å². The van der Waals surface area contributed by atoms with Gasteiger partial charge in [0.25, 0.3) is 0 Å². The van der Waals surface area contributed by atoms with Crippen molar-refractivity contribution in [2.75, 3.05) is 39.3 Å². The Bertz CT molecular complexity index is 428. The number of rotatable bonds is 7. The van der Waals surface area contributed by atoms with Gasteiger partial charge in [0.05, 0.1) is 11.4 Å². The second kappa shape index (κ2) is 7.71. The van der Waals surface area contributed by atoms with Gasteiger partial charge in [0.2, 0.25) is 0 Å². The Balaban J connectivity index is 1.70. The van der Waals surface area contributed by atoms with Gasteiger partial charge in [0.1, 0.15) is 0 Å². The monoisotopic (exact) mass is 297 g/mol. The van der Waals surface area contributed by atoms with Crippen LogP contribution in [0.4, 0.5) is 0 Å². The van der Waals surface area contributed by atoms with Gasteiger partial charge in [-0.15, -0.1) is 11.3 Å². The fourth-order valence-electron chi connectivity index (χ4n) is 2.39. The molecule has 6 heteroatoms. The third-order valence-corrected chi connectivity index (χ3v) is 4.86. The number of likely N-dealkylation sites (N-methyl/N-ethyl adjacent to an activating group) is 1. The van der Waals surface area contributed by atoms with Crippen molar-refractivity contribution in [2.24, 2.45) is 0 Å². The van der Waals surface area contributed by atoms with Crippen LogP contribution in [-0.4, -0.2) is 65.1 Å². The summed E-state index contributed by atoms with van der Waals surface area (Å²) in [6.45, 7) is 9.03. The van der Waals surface area contributed by atoms with Crippen molar-refractivity contribution >= 4 is 17.3 Å². The van der Waals surface area contributed by atoms with Crippen LogP contribution in [0.15, 0.2) is 6.20 Å². The summed E-state index contributed by atoms with van der Waals surface area (Å²) in [7, 11) is 0. The molecule has 20 heavy (non-hydrogen) atoms. The average Bonchev–Trinajstić information content (AvgIpc) is 2.91. The third kappa shape index (κ3) is 4.85. The molecule has 0 unspecified atom stereocenters. The predicted octanol–water partition coefficient (Wildman–Crippen LogP) is 1.34. The molecule has 1 aliphatic rings. The topological polar surface area (TPSA) is 56.7 Å². The number of aryl methyl sites for hydroxylation is 1. The number of hydrogen-bond acceptors (Lipinski definition) is 5. The number of aliphatic carboxylic acids is 1. The Hall–Kier alpha value is -0.980. The highest BCUT2D eigenvalue weighted by atomic mass is 32.1. The number of carbonyl (C=O) groups is 1. The quantitative estimate of drug-likeness (QED) is 0.823. The molecule has 112 valence electrons. The summed E-state index contributed by atoms with van der Waals surface area (Å²) in [6.07, 6.45) is 3.60. The first-order valence-corrected chi connectivity index (χ1v) is 8.09. The van der Waals surface area contributed by atoms with Crippen LogP contribution in [0.5, 0.6) is 0 Å². The molecule has 5 nitrogen and oxygen atoms in total. The maximum Gasteiger partial charge on any atom is 0.303 e. The molecular weight excluding hydrogens is 274 g/mol. The second-order valence-corrected chi connectivity index (χ2v) is 6.34. The van der Waals surface area contributed by atoms with Crippen molar-refractivity contribution in [3.8, 4) is 0 Å². The van der Waals surface area contributed by atoms with Crippen LogP contribution in [0.3, 0.4) is 0 Å². The Labute approximate surface area is 124 Å². The Morgan fingerprint density at radius 3 is 2.65 bits per heavy atom. The summed E-state index contributed by atoms with van der Waals surface area (Å²) in [5.41, 5.74) is 0. The van der Waals surface area contributed by atoms with Crippen LogP contribution in [0.1, 0.15) is 23.2 Å². The average molecular weight is 297 g/mol. The Morgan fingerprint density at radius 2 is 2.00 bits per heavy atom. The van der Waals surface area contributed by atoms with Gasteiger partial charge in [-0.25, -0.2) is 4.98 Å². The molecule has 0 amide bonds. The molecule has 1 aliphatic heterocycles. The molecule has 0 bridgehead atoms. The first-order chi connectivity index (χ1) is 9.67. The van der Waals surface area contributed by atoms with E-state index in [9.17, 15) is 4.79 Å². The van der Waals surface area contributed by atoms with E-state index < -0.39 is 5.97 Å². The van der Waals surface area contributed by atoms with E-state index in [1.54, 1.807) is 11.3 Å². The Morgan fingerprint density at radius 1 is 1.30 bits per heavy atom. The van der Waals surface area contributed by atoms with E-state index in [0.29, 0.717) is 6.42 Å². The summed E-state index contributed by atoms with van der Waals surface area (Å²) >= 11 is 1.66. The summed E-state index contributed by atoms with van der Waals surface area (Å²) in [5, 5.41) is 9.80. The van der Waals surface area contributed by atoms with Crippen molar-refractivity contribution in [1.29, 1.82) is 0 Å².